The van der Waals surface area contributed by atoms with E-state index in [1.54, 1.807) is 0 Å². The zero-order valence-electron chi connectivity index (χ0n) is 16.0. The molecular formula is C21H26N4O2. The van der Waals surface area contributed by atoms with Gasteiger partial charge in [-0.05, 0) is 61.9 Å². The highest BCUT2D eigenvalue weighted by Crippen LogP contribution is 2.27. The monoisotopic (exact) mass is 366 g/mol. The molecule has 1 amide bonds. The van der Waals surface area contributed by atoms with Crippen LogP contribution in [-0.2, 0) is 22.4 Å². The van der Waals surface area contributed by atoms with Crippen LogP contribution in [0.15, 0.2) is 24.4 Å². The predicted molar refractivity (Wildman–Crippen MR) is 105 cm³/mol. The Morgan fingerprint density at radius 3 is 2.67 bits per heavy atom. The Bertz CT molecular complexity index is 826. The minimum Gasteiger partial charge on any atom is -0.378 e. The van der Waals surface area contributed by atoms with Crippen LogP contribution in [0.3, 0.4) is 0 Å². The van der Waals surface area contributed by atoms with Gasteiger partial charge in [0.1, 0.15) is 0 Å². The van der Waals surface area contributed by atoms with Crippen molar-refractivity contribution < 1.29 is 9.53 Å². The number of nitrogens with zero attached hydrogens (tertiary/aromatic N) is 3. The molecule has 2 aromatic rings. The molecule has 0 unspecified atom stereocenters. The number of amides is 1. The highest BCUT2D eigenvalue weighted by atomic mass is 16.5. The van der Waals surface area contributed by atoms with Gasteiger partial charge < -0.3 is 15.0 Å². The van der Waals surface area contributed by atoms with Gasteiger partial charge in [0.25, 0.3) is 0 Å². The summed E-state index contributed by atoms with van der Waals surface area (Å²) in [5.41, 5.74) is 5.37. The SMILES string of the molecule is Cc1cc(C)cc(NC(=O)[C@@H]2CCc3nc(N4CCOCC4)ncc3C2)c1. The van der Waals surface area contributed by atoms with E-state index in [9.17, 15) is 4.79 Å². The Hall–Kier alpha value is -2.47. The van der Waals surface area contributed by atoms with Gasteiger partial charge in [-0.1, -0.05) is 6.07 Å². The molecule has 6 nitrogen and oxygen atoms in total. The smallest absolute Gasteiger partial charge is 0.227 e. The Balaban J connectivity index is 1.44. The van der Waals surface area contributed by atoms with E-state index in [0.29, 0.717) is 6.42 Å². The second-order valence-corrected chi connectivity index (χ2v) is 7.55. The summed E-state index contributed by atoms with van der Waals surface area (Å²) in [7, 11) is 0. The van der Waals surface area contributed by atoms with Crippen LogP contribution in [0.2, 0.25) is 0 Å². The van der Waals surface area contributed by atoms with E-state index in [2.05, 4.69) is 21.3 Å². The van der Waals surface area contributed by atoms with Gasteiger partial charge in [0.15, 0.2) is 0 Å². The molecule has 142 valence electrons. The van der Waals surface area contributed by atoms with Crippen LogP contribution < -0.4 is 10.2 Å². The number of aromatic nitrogens is 2. The van der Waals surface area contributed by atoms with Crippen LogP contribution in [0.4, 0.5) is 11.6 Å². The molecule has 1 atom stereocenters. The molecule has 0 saturated carbocycles. The molecule has 1 aromatic carbocycles. The number of ether oxygens (including phenoxy) is 1. The second-order valence-electron chi connectivity index (χ2n) is 7.55. The van der Waals surface area contributed by atoms with Gasteiger partial charge in [0.2, 0.25) is 11.9 Å². The summed E-state index contributed by atoms with van der Waals surface area (Å²) in [4.78, 5) is 24.2. The molecule has 27 heavy (non-hydrogen) atoms. The van der Waals surface area contributed by atoms with Crippen molar-refractivity contribution in [2.24, 2.45) is 5.92 Å². The van der Waals surface area contributed by atoms with Crippen LogP contribution in [0.1, 0.15) is 28.8 Å². The number of benzene rings is 1. The summed E-state index contributed by atoms with van der Waals surface area (Å²) in [6, 6.07) is 6.13. The molecule has 1 N–H and O–H groups in total. The molecule has 1 aliphatic carbocycles. The number of carbonyl (C=O) groups excluding carboxylic acids is 1. The van der Waals surface area contributed by atoms with Crippen molar-refractivity contribution in [2.45, 2.75) is 33.1 Å². The summed E-state index contributed by atoms with van der Waals surface area (Å²) < 4.78 is 5.40. The van der Waals surface area contributed by atoms with E-state index < -0.39 is 0 Å². The van der Waals surface area contributed by atoms with Crippen molar-refractivity contribution >= 4 is 17.5 Å². The Morgan fingerprint density at radius 2 is 1.93 bits per heavy atom. The largest absolute Gasteiger partial charge is 0.378 e. The molecule has 2 aliphatic rings. The fraction of sp³-hybridized carbons (Fsp3) is 0.476. The number of rotatable bonds is 3. The van der Waals surface area contributed by atoms with Crippen LogP contribution in [-0.4, -0.2) is 42.2 Å². The number of hydrogen-bond donors (Lipinski definition) is 1. The lowest BCUT2D eigenvalue weighted by molar-refractivity contribution is -0.120. The number of fused-ring (bicyclic) bond motifs is 1. The average molecular weight is 366 g/mol. The first-order valence-corrected chi connectivity index (χ1v) is 9.65. The molecule has 0 spiro atoms. The van der Waals surface area contributed by atoms with Gasteiger partial charge >= 0.3 is 0 Å². The van der Waals surface area contributed by atoms with E-state index in [4.69, 9.17) is 9.72 Å². The first kappa shape index (κ1) is 17.9. The van der Waals surface area contributed by atoms with Crippen LogP contribution >= 0.6 is 0 Å². The topological polar surface area (TPSA) is 67.4 Å². The highest BCUT2D eigenvalue weighted by Gasteiger charge is 2.27. The maximum Gasteiger partial charge on any atom is 0.227 e. The third kappa shape index (κ3) is 4.11. The van der Waals surface area contributed by atoms with E-state index in [0.717, 1.165) is 73.2 Å². The number of anilines is 2. The van der Waals surface area contributed by atoms with Crippen molar-refractivity contribution in [1.82, 2.24) is 9.97 Å². The second kappa shape index (κ2) is 7.64. The zero-order chi connectivity index (χ0) is 18.8. The Morgan fingerprint density at radius 1 is 1.19 bits per heavy atom. The maximum atomic E-state index is 12.7. The van der Waals surface area contributed by atoms with Crippen molar-refractivity contribution in [3.8, 4) is 0 Å². The van der Waals surface area contributed by atoms with Crippen LogP contribution in [0.5, 0.6) is 0 Å². The first-order valence-electron chi connectivity index (χ1n) is 9.65. The molecule has 1 aliphatic heterocycles. The van der Waals surface area contributed by atoms with Gasteiger partial charge in [-0.2, -0.15) is 0 Å². The molecule has 1 fully saturated rings. The fourth-order valence-corrected chi connectivity index (χ4v) is 3.93. The van der Waals surface area contributed by atoms with Gasteiger partial charge in [0.05, 0.1) is 13.2 Å². The van der Waals surface area contributed by atoms with E-state index in [1.165, 1.54) is 0 Å². The third-order valence-electron chi connectivity index (χ3n) is 5.29. The molecule has 1 aromatic heterocycles. The lowest BCUT2D eigenvalue weighted by Gasteiger charge is -2.28. The van der Waals surface area contributed by atoms with Crippen molar-refractivity contribution in [3.05, 3.63) is 46.8 Å². The van der Waals surface area contributed by atoms with E-state index in [-0.39, 0.29) is 11.8 Å². The normalized spacial score (nSPS) is 19.5. The van der Waals surface area contributed by atoms with Crippen molar-refractivity contribution in [1.29, 1.82) is 0 Å². The summed E-state index contributed by atoms with van der Waals surface area (Å²) in [5.74, 6) is 0.842. The quantitative estimate of drug-likeness (QED) is 0.905. The van der Waals surface area contributed by atoms with Crippen LogP contribution in [0, 0.1) is 19.8 Å². The zero-order valence-corrected chi connectivity index (χ0v) is 16.0. The lowest BCUT2D eigenvalue weighted by atomic mass is 9.86. The number of hydrogen-bond acceptors (Lipinski definition) is 5. The standard InChI is InChI=1S/C21H26N4O2/c1-14-9-15(2)11-18(10-14)23-20(26)16-3-4-19-17(12-16)13-22-21(24-19)25-5-7-27-8-6-25/h9-11,13,16H,3-8,12H2,1-2H3,(H,23,26)/t16-/m1/s1. The molecule has 0 bridgehead atoms. The summed E-state index contributed by atoms with van der Waals surface area (Å²) in [5, 5.41) is 3.09. The minimum atomic E-state index is -0.0313. The fourth-order valence-electron chi connectivity index (χ4n) is 3.93. The molecular weight excluding hydrogens is 340 g/mol. The molecule has 0 radical (unpaired) electrons. The highest BCUT2D eigenvalue weighted by molar-refractivity contribution is 5.93. The molecule has 1 saturated heterocycles. The molecule has 2 heterocycles. The van der Waals surface area contributed by atoms with Gasteiger partial charge in [0, 0.05) is 36.6 Å². The lowest BCUT2D eigenvalue weighted by Crippen LogP contribution is -2.38. The third-order valence-corrected chi connectivity index (χ3v) is 5.29. The van der Waals surface area contributed by atoms with Crippen molar-refractivity contribution in [3.63, 3.8) is 0 Å². The van der Waals surface area contributed by atoms with E-state index in [1.807, 2.05) is 32.2 Å². The minimum absolute atomic E-state index is 0.0313. The van der Waals surface area contributed by atoms with Crippen molar-refractivity contribution in [2.75, 3.05) is 36.5 Å². The molecule has 6 heteroatoms. The van der Waals surface area contributed by atoms with E-state index >= 15 is 0 Å². The first-order chi connectivity index (χ1) is 13.1. The number of nitrogens with one attached hydrogen (secondary N) is 1. The van der Waals surface area contributed by atoms with Gasteiger partial charge in [-0.15, -0.1) is 0 Å². The van der Waals surface area contributed by atoms with Crippen LogP contribution in [0.25, 0.3) is 0 Å². The summed E-state index contributed by atoms with van der Waals surface area (Å²) in [6.45, 7) is 7.20. The Kier molecular flexibility index (Phi) is 5.07. The molecule has 4 rings (SSSR count). The van der Waals surface area contributed by atoms with Gasteiger partial charge in [-0.3, -0.25) is 4.79 Å². The van der Waals surface area contributed by atoms with Gasteiger partial charge in [-0.25, -0.2) is 9.97 Å². The maximum absolute atomic E-state index is 12.7. The number of carbonyl (C=O) groups is 1. The summed E-state index contributed by atoms with van der Waals surface area (Å²) >= 11 is 0. The average Bonchev–Trinajstić information content (AvgIpc) is 2.67. The summed E-state index contributed by atoms with van der Waals surface area (Å²) in [6.07, 6.45) is 4.25. The number of morpholine rings is 1. The Labute approximate surface area is 160 Å². The number of aryl methyl sites for hydroxylation is 3. The predicted octanol–water partition coefficient (Wildman–Crippen LogP) is 2.67.